The lowest BCUT2D eigenvalue weighted by atomic mass is 10.1. The maximum absolute atomic E-state index is 12.3. The van der Waals surface area contributed by atoms with Crippen LogP contribution in [0.25, 0.3) is 0 Å². The molecular weight excluding hydrogens is 344 g/mol. The maximum atomic E-state index is 12.3. The number of carbonyl (C=O) groups excluding carboxylic acids is 2. The molecule has 0 saturated heterocycles. The van der Waals surface area contributed by atoms with Crippen LogP contribution in [0.1, 0.15) is 33.4 Å². The summed E-state index contributed by atoms with van der Waals surface area (Å²) in [5, 5.41) is 5.60. The molecule has 0 unspecified atom stereocenters. The van der Waals surface area contributed by atoms with E-state index in [4.69, 9.17) is 9.15 Å². The number of benzene rings is 2. The number of nitrogens with one attached hydrogen (secondary N) is 2. The van der Waals surface area contributed by atoms with Crippen LogP contribution in [0.5, 0.6) is 5.75 Å². The fourth-order valence-electron chi connectivity index (χ4n) is 2.53. The topological polar surface area (TPSA) is 80.6 Å². The number of ether oxygens (including phenoxy) is 1. The van der Waals surface area contributed by atoms with E-state index in [-0.39, 0.29) is 11.8 Å². The zero-order valence-corrected chi connectivity index (χ0v) is 15.1. The first-order valence-corrected chi connectivity index (χ1v) is 8.56. The molecule has 1 heterocycles. The molecule has 2 amide bonds. The van der Waals surface area contributed by atoms with Gasteiger partial charge in [-0.05, 0) is 68.4 Å². The SMILES string of the molecule is CCOc1ccc(NC(=O)c2ccc(NC(=O)c3ccoc3C)cc2)cc1. The predicted octanol–water partition coefficient (Wildman–Crippen LogP) is 4.49. The fraction of sp³-hybridized carbons (Fsp3) is 0.143. The van der Waals surface area contributed by atoms with Crippen molar-refractivity contribution in [2.24, 2.45) is 0 Å². The molecule has 1 aromatic heterocycles. The average Bonchev–Trinajstić information content (AvgIpc) is 3.10. The van der Waals surface area contributed by atoms with E-state index < -0.39 is 0 Å². The van der Waals surface area contributed by atoms with E-state index in [1.807, 2.05) is 6.92 Å². The van der Waals surface area contributed by atoms with Gasteiger partial charge in [-0.25, -0.2) is 0 Å². The summed E-state index contributed by atoms with van der Waals surface area (Å²) in [4.78, 5) is 24.5. The quantitative estimate of drug-likeness (QED) is 0.675. The van der Waals surface area contributed by atoms with Gasteiger partial charge in [0.2, 0.25) is 0 Å². The Labute approximate surface area is 157 Å². The molecular formula is C21H20N2O4. The molecule has 0 atom stereocenters. The molecule has 2 N–H and O–H groups in total. The standard InChI is InChI=1S/C21H20N2O4/c1-3-26-18-10-8-17(9-11-18)22-20(24)15-4-6-16(7-5-15)23-21(25)19-12-13-27-14(19)2/h4-13H,3H2,1-2H3,(H,22,24)(H,23,25). The Morgan fingerprint density at radius 1 is 0.889 bits per heavy atom. The molecule has 0 aliphatic carbocycles. The Hall–Kier alpha value is -3.54. The summed E-state index contributed by atoms with van der Waals surface area (Å²) in [6, 6.07) is 15.5. The van der Waals surface area contributed by atoms with Crippen molar-refractivity contribution in [1.82, 2.24) is 0 Å². The zero-order chi connectivity index (χ0) is 19.2. The van der Waals surface area contributed by atoms with Gasteiger partial charge in [-0.2, -0.15) is 0 Å². The van der Waals surface area contributed by atoms with Crippen molar-refractivity contribution in [3.63, 3.8) is 0 Å². The number of hydrogen-bond donors (Lipinski definition) is 2. The van der Waals surface area contributed by atoms with Gasteiger partial charge < -0.3 is 19.8 Å². The molecule has 2 aromatic carbocycles. The molecule has 0 aliphatic rings. The Kier molecular flexibility index (Phi) is 5.56. The van der Waals surface area contributed by atoms with Crippen LogP contribution in [-0.4, -0.2) is 18.4 Å². The summed E-state index contributed by atoms with van der Waals surface area (Å²) in [7, 11) is 0. The van der Waals surface area contributed by atoms with Gasteiger partial charge in [-0.3, -0.25) is 9.59 Å². The summed E-state index contributed by atoms with van der Waals surface area (Å²) in [5.41, 5.74) is 2.24. The zero-order valence-electron chi connectivity index (χ0n) is 15.1. The highest BCUT2D eigenvalue weighted by atomic mass is 16.5. The first kappa shape index (κ1) is 18.3. The van der Waals surface area contributed by atoms with E-state index in [0.717, 1.165) is 5.75 Å². The molecule has 0 aliphatic heterocycles. The van der Waals surface area contributed by atoms with Gasteiger partial charge in [0.1, 0.15) is 11.5 Å². The van der Waals surface area contributed by atoms with Crippen molar-refractivity contribution >= 4 is 23.2 Å². The minimum atomic E-state index is -0.257. The lowest BCUT2D eigenvalue weighted by Gasteiger charge is -2.08. The first-order chi connectivity index (χ1) is 13.1. The van der Waals surface area contributed by atoms with Gasteiger partial charge in [0, 0.05) is 16.9 Å². The highest BCUT2D eigenvalue weighted by Gasteiger charge is 2.12. The molecule has 3 rings (SSSR count). The van der Waals surface area contributed by atoms with E-state index in [9.17, 15) is 9.59 Å². The number of rotatable bonds is 6. The fourth-order valence-corrected chi connectivity index (χ4v) is 2.53. The minimum absolute atomic E-state index is 0.234. The second-order valence-corrected chi connectivity index (χ2v) is 5.83. The third-order valence-corrected chi connectivity index (χ3v) is 3.93. The van der Waals surface area contributed by atoms with Gasteiger partial charge in [0.05, 0.1) is 18.4 Å². The molecule has 0 bridgehead atoms. The predicted molar refractivity (Wildman–Crippen MR) is 103 cm³/mol. The largest absolute Gasteiger partial charge is 0.494 e. The molecule has 6 nitrogen and oxygen atoms in total. The van der Waals surface area contributed by atoms with Crippen LogP contribution in [0, 0.1) is 6.92 Å². The molecule has 3 aromatic rings. The summed E-state index contributed by atoms with van der Waals surface area (Å²) in [5.74, 6) is 0.817. The third kappa shape index (κ3) is 4.55. The number of anilines is 2. The van der Waals surface area contributed by atoms with Gasteiger partial charge in [0.25, 0.3) is 11.8 Å². The first-order valence-electron chi connectivity index (χ1n) is 8.56. The van der Waals surface area contributed by atoms with Gasteiger partial charge in [0.15, 0.2) is 0 Å². The summed E-state index contributed by atoms with van der Waals surface area (Å²) >= 11 is 0. The van der Waals surface area contributed by atoms with Crippen LogP contribution in [0.2, 0.25) is 0 Å². The van der Waals surface area contributed by atoms with Crippen LogP contribution < -0.4 is 15.4 Å². The number of carbonyl (C=O) groups is 2. The van der Waals surface area contributed by atoms with Crippen molar-refractivity contribution in [2.75, 3.05) is 17.2 Å². The second kappa shape index (κ2) is 8.23. The Balaban J connectivity index is 1.61. The number of aryl methyl sites for hydroxylation is 1. The van der Waals surface area contributed by atoms with Gasteiger partial charge in [-0.1, -0.05) is 0 Å². The van der Waals surface area contributed by atoms with Crippen LogP contribution in [0.15, 0.2) is 65.3 Å². The van der Waals surface area contributed by atoms with E-state index >= 15 is 0 Å². The molecule has 0 saturated carbocycles. The average molecular weight is 364 g/mol. The molecule has 138 valence electrons. The normalized spacial score (nSPS) is 10.3. The summed E-state index contributed by atoms with van der Waals surface area (Å²) < 4.78 is 10.5. The maximum Gasteiger partial charge on any atom is 0.259 e. The summed E-state index contributed by atoms with van der Waals surface area (Å²) in [6.45, 7) is 4.23. The molecule has 6 heteroatoms. The highest BCUT2D eigenvalue weighted by Crippen LogP contribution is 2.18. The lowest BCUT2D eigenvalue weighted by Crippen LogP contribution is -2.14. The lowest BCUT2D eigenvalue weighted by molar-refractivity contribution is 0.101. The van der Waals surface area contributed by atoms with Crippen molar-refractivity contribution in [3.05, 3.63) is 77.7 Å². The molecule has 0 radical (unpaired) electrons. The number of amides is 2. The Morgan fingerprint density at radius 2 is 1.48 bits per heavy atom. The van der Waals surface area contributed by atoms with Crippen molar-refractivity contribution < 1.29 is 18.7 Å². The number of hydrogen-bond acceptors (Lipinski definition) is 4. The molecule has 0 spiro atoms. The monoisotopic (exact) mass is 364 g/mol. The number of furan rings is 1. The third-order valence-electron chi connectivity index (χ3n) is 3.93. The molecule has 27 heavy (non-hydrogen) atoms. The Morgan fingerprint density at radius 3 is 2.04 bits per heavy atom. The van der Waals surface area contributed by atoms with Gasteiger partial charge >= 0.3 is 0 Å². The van der Waals surface area contributed by atoms with Crippen LogP contribution >= 0.6 is 0 Å². The minimum Gasteiger partial charge on any atom is -0.494 e. The highest BCUT2D eigenvalue weighted by molar-refractivity contribution is 6.06. The van der Waals surface area contributed by atoms with Crippen LogP contribution in [-0.2, 0) is 0 Å². The van der Waals surface area contributed by atoms with E-state index in [1.165, 1.54) is 6.26 Å². The van der Waals surface area contributed by atoms with Gasteiger partial charge in [-0.15, -0.1) is 0 Å². The van der Waals surface area contributed by atoms with E-state index in [0.29, 0.717) is 34.9 Å². The second-order valence-electron chi connectivity index (χ2n) is 5.83. The van der Waals surface area contributed by atoms with Crippen molar-refractivity contribution in [1.29, 1.82) is 0 Å². The van der Waals surface area contributed by atoms with E-state index in [1.54, 1.807) is 61.5 Å². The smallest absolute Gasteiger partial charge is 0.259 e. The van der Waals surface area contributed by atoms with Crippen LogP contribution in [0.4, 0.5) is 11.4 Å². The molecule has 0 fully saturated rings. The van der Waals surface area contributed by atoms with Crippen molar-refractivity contribution in [3.8, 4) is 5.75 Å². The van der Waals surface area contributed by atoms with E-state index in [2.05, 4.69) is 10.6 Å². The van der Waals surface area contributed by atoms with Crippen LogP contribution in [0.3, 0.4) is 0 Å². The van der Waals surface area contributed by atoms with Crippen molar-refractivity contribution in [2.45, 2.75) is 13.8 Å². The summed E-state index contributed by atoms with van der Waals surface area (Å²) in [6.07, 6.45) is 1.47. The Bertz CT molecular complexity index is 928.